The first-order valence-electron chi connectivity index (χ1n) is 6.86. The first kappa shape index (κ1) is 14.1. The summed E-state index contributed by atoms with van der Waals surface area (Å²) in [4.78, 5) is 12.3. The number of rotatable bonds is 5. The van der Waals surface area contributed by atoms with E-state index >= 15 is 0 Å². The summed E-state index contributed by atoms with van der Waals surface area (Å²) < 4.78 is 5.48. The van der Waals surface area contributed by atoms with E-state index in [-0.39, 0.29) is 5.91 Å². The van der Waals surface area contributed by atoms with Crippen LogP contribution >= 0.6 is 0 Å². The third kappa shape index (κ3) is 3.38. The fraction of sp³-hybridized carbons (Fsp3) is 0.235. The fourth-order valence-electron chi connectivity index (χ4n) is 2.00. The number of hydrogen-bond donors (Lipinski definition) is 1. The lowest BCUT2D eigenvalue weighted by atomic mass is 10.1. The predicted molar refractivity (Wildman–Crippen MR) is 81.4 cm³/mol. The zero-order valence-electron chi connectivity index (χ0n) is 11.8. The maximum absolute atomic E-state index is 12.3. The zero-order valence-corrected chi connectivity index (χ0v) is 11.8. The monoisotopic (exact) mass is 269 g/mol. The molecule has 2 aromatic carbocycles. The Labute approximate surface area is 119 Å². The van der Waals surface area contributed by atoms with E-state index in [0.29, 0.717) is 17.9 Å². The molecule has 0 aliphatic heterocycles. The lowest BCUT2D eigenvalue weighted by Crippen LogP contribution is -2.13. The second-order valence-electron chi connectivity index (χ2n) is 4.44. The van der Waals surface area contributed by atoms with Crippen LogP contribution in [0.3, 0.4) is 0 Å². The molecule has 104 valence electrons. The number of benzene rings is 2. The molecule has 0 atom stereocenters. The van der Waals surface area contributed by atoms with Gasteiger partial charge in [0.15, 0.2) is 0 Å². The van der Waals surface area contributed by atoms with Crippen molar-refractivity contribution in [2.24, 2.45) is 0 Å². The summed E-state index contributed by atoms with van der Waals surface area (Å²) in [6, 6.07) is 15.1. The van der Waals surface area contributed by atoms with Crippen molar-refractivity contribution in [3.05, 3.63) is 59.7 Å². The van der Waals surface area contributed by atoms with Gasteiger partial charge in [-0.25, -0.2) is 0 Å². The largest absolute Gasteiger partial charge is 0.493 e. The molecule has 20 heavy (non-hydrogen) atoms. The maximum Gasteiger partial charge on any atom is 0.259 e. The molecular weight excluding hydrogens is 250 g/mol. The average molecular weight is 269 g/mol. The minimum absolute atomic E-state index is 0.151. The van der Waals surface area contributed by atoms with Gasteiger partial charge >= 0.3 is 0 Å². The molecule has 0 aromatic heterocycles. The van der Waals surface area contributed by atoms with Gasteiger partial charge in [-0.1, -0.05) is 31.2 Å². The lowest BCUT2D eigenvalue weighted by Gasteiger charge is -2.11. The molecule has 1 amide bonds. The van der Waals surface area contributed by atoms with Gasteiger partial charge in [0.05, 0.1) is 12.2 Å². The Morgan fingerprint density at radius 2 is 1.90 bits per heavy atom. The highest BCUT2D eigenvalue weighted by atomic mass is 16.5. The predicted octanol–water partition coefficient (Wildman–Crippen LogP) is 3.90. The molecular formula is C17H19NO2. The van der Waals surface area contributed by atoms with Crippen LogP contribution in [0, 0.1) is 0 Å². The van der Waals surface area contributed by atoms with E-state index in [1.807, 2.05) is 43.3 Å². The third-order valence-corrected chi connectivity index (χ3v) is 3.02. The van der Waals surface area contributed by atoms with E-state index in [1.54, 1.807) is 12.1 Å². The van der Waals surface area contributed by atoms with Gasteiger partial charge in [0.2, 0.25) is 0 Å². The smallest absolute Gasteiger partial charge is 0.259 e. The minimum atomic E-state index is -0.151. The summed E-state index contributed by atoms with van der Waals surface area (Å²) in [6.07, 6.45) is 0.944. The molecule has 0 spiro atoms. The van der Waals surface area contributed by atoms with Crippen molar-refractivity contribution in [2.45, 2.75) is 20.3 Å². The molecule has 1 N–H and O–H groups in total. The van der Waals surface area contributed by atoms with Crippen LogP contribution in [0.15, 0.2) is 48.5 Å². The van der Waals surface area contributed by atoms with Gasteiger partial charge < -0.3 is 10.1 Å². The van der Waals surface area contributed by atoms with Crippen LogP contribution in [0.2, 0.25) is 0 Å². The quantitative estimate of drug-likeness (QED) is 0.894. The van der Waals surface area contributed by atoms with Crippen molar-refractivity contribution in [1.29, 1.82) is 0 Å². The number of carbonyl (C=O) groups is 1. The molecule has 0 fully saturated rings. The van der Waals surface area contributed by atoms with Crippen LogP contribution in [0.1, 0.15) is 29.8 Å². The molecule has 0 bridgehead atoms. The van der Waals surface area contributed by atoms with Crippen LogP contribution in [0.5, 0.6) is 5.75 Å². The summed E-state index contributed by atoms with van der Waals surface area (Å²) >= 11 is 0. The Hall–Kier alpha value is -2.29. The molecule has 0 heterocycles. The van der Waals surface area contributed by atoms with Gasteiger partial charge in [-0.05, 0) is 43.2 Å². The molecule has 2 rings (SSSR count). The fourth-order valence-corrected chi connectivity index (χ4v) is 2.00. The topological polar surface area (TPSA) is 38.3 Å². The molecule has 0 aliphatic rings. The summed E-state index contributed by atoms with van der Waals surface area (Å²) in [7, 11) is 0. The van der Waals surface area contributed by atoms with Crippen molar-refractivity contribution in [3.8, 4) is 5.75 Å². The molecule has 0 aliphatic carbocycles. The van der Waals surface area contributed by atoms with E-state index in [9.17, 15) is 4.79 Å². The average Bonchev–Trinajstić information content (AvgIpc) is 2.48. The summed E-state index contributed by atoms with van der Waals surface area (Å²) in [5.74, 6) is 0.460. The summed E-state index contributed by atoms with van der Waals surface area (Å²) in [5.41, 5.74) is 2.55. The Morgan fingerprint density at radius 3 is 2.65 bits per heavy atom. The van der Waals surface area contributed by atoms with Crippen molar-refractivity contribution in [2.75, 3.05) is 11.9 Å². The minimum Gasteiger partial charge on any atom is -0.493 e. The van der Waals surface area contributed by atoms with Gasteiger partial charge in [0.25, 0.3) is 5.91 Å². The second-order valence-corrected chi connectivity index (χ2v) is 4.44. The van der Waals surface area contributed by atoms with Gasteiger partial charge in [0.1, 0.15) is 5.75 Å². The van der Waals surface area contributed by atoms with E-state index in [0.717, 1.165) is 12.1 Å². The number of nitrogens with one attached hydrogen (secondary N) is 1. The number of amides is 1. The highest BCUT2D eigenvalue weighted by molar-refractivity contribution is 6.06. The number of aryl methyl sites for hydroxylation is 1. The Kier molecular flexibility index (Phi) is 4.77. The van der Waals surface area contributed by atoms with Crippen molar-refractivity contribution < 1.29 is 9.53 Å². The van der Waals surface area contributed by atoms with Crippen molar-refractivity contribution in [1.82, 2.24) is 0 Å². The van der Waals surface area contributed by atoms with Crippen LogP contribution in [0.4, 0.5) is 5.69 Å². The second kappa shape index (κ2) is 6.75. The van der Waals surface area contributed by atoms with E-state index < -0.39 is 0 Å². The van der Waals surface area contributed by atoms with Gasteiger partial charge in [-0.15, -0.1) is 0 Å². The van der Waals surface area contributed by atoms with Crippen LogP contribution < -0.4 is 10.1 Å². The summed E-state index contributed by atoms with van der Waals surface area (Å²) in [6.45, 7) is 4.53. The van der Waals surface area contributed by atoms with Crippen molar-refractivity contribution in [3.63, 3.8) is 0 Å². The van der Waals surface area contributed by atoms with E-state index in [2.05, 4.69) is 12.2 Å². The zero-order chi connectivity index (χ0) is 14.4. The number of ether oxygens (including phenoxy) is 1. The standard InChI is InChI=1S/C17H19NO2/c1-3-13-8-7-9-14(12-13)18-17(19)15-10-5-6-11-16(15)20-4-2/h5-12H,3-4H2,1-2H3,(H,18,19). The van der Waals surface area contributed by atoms with Crippen LogP contribution in [-0.4, -0.2) is 12.5 Å². The van der Waals surface area contributed by atoms with Gasteiger partial charge in [0, 0.05) is 5.69 Å². The highest BCUT2D eigenvalue weighted by Gasteiger charge is 2.11. The number of anilines is 1. The Bertz CT molecular complexity index is 593. The Morgan fingerprint density at radius 1 is 1.10 bits per heavy atom. The molecule has 0 saturated carbocycles. The maximum atomic E-state index is 12.3. The molecule has 0 unspecified atom stereocenters. The van der Waals surface area contributed by atoms with Gasteiger partial charge in [-0.2, -0.15) is 0 Å². The first-order valence-corrected chi connectivity index (χ1v) is 6.86. The summed E-state index contributed by atoms with van der Waals surface area (Å²) in [5, 5.41) is 2.91. The molecule has 3 nitrogen and oxygen atoms in total. The molecule has 3 heteroatoms. The number of carbonyl (C=O) groups excluding carboxylic acids is 1. The number of hydrogen-bond acceptors (Lipinski definition) is 2. The van der Waals surface area contributed by atoms with Gasteiger partial charge in [-0.3, -0.25) is 4.79 Å². The molecule has 0 saturated heterocycles. The molecule has 0 radical (unpaired) electrons. The highest BCUT2D eigenvalue weighted by Crippen LogP contribution is 2.20. The number of para-hydroxylation sites is 1. The van der Waals surface area contributed by atoms with E-state index in [4.69, 9.17) is 4.74 Å². The third-order valence-electron chi connectivity index (χ3n) is 3.02. The van der Waals surface area contributed by atoms with E-state index in [1.165, 1.54) is 5.56 Å². The van der Waals surface area contributed by atoms with Crippen LogP contribution in [-0.2, 0) is 6.42 Å². The normalized spacial score (nSPS) is 10.1. The van der Waals surface area contributed by atoms with Crippen LogP contribution in [0.25, 0.3) is 0 Å². The molecule has 2 aromatic rings. The first-order chi connectivity index (χ1) is 9.74. The van der Waals surface area contributed by atoms with Crippen molar-refractivity contribution >= 4 is 11.6 Å². The SMILES string of the molecule is CCOc1ccccc1C(=O)Nc1cccc(CC)c1. The lowest BCUT2D eigenvalue weighted by molar-refractivity contribution is 0.102. The Balaban J connectivity index is 2.19.